The fraction of sp³-hybridized carbons (Fsp3) is 0.269. The van der Waals surface area contributed by atoms with E-state index in [1.54, 1.807) is 12.3 Å². The van der Waals surface area contributed by atoms with Gasteiger partial charge in [0.2, 0.25) is 0 Å². The summed E-state index contributed by atoms with van der Waals surface area (Å²) >= 11 is 0. The smallest absolute Gasteiger partial charge is 0.270 e. The molecule has 164 valence electrons. The quantitative estimate of drug-likeness (QED) is 0.460. The Labute approximate surface area is 186 Å². The van der Waals surface area contributed by atoms with E-state index in [0.29, 0.717) is 37.4 Å². The Morgan fingerprint density at radius 3 is 2.47 bits per heavy atom. The maximum atomic E-state index is 14.0. The lowest BCUT2D eigenvalue weighted by Gasteiger charge is -2.35. The number of hydrogen-bond acceptors (Lipinski definition) is 3. The molecular formula is C26H26FN3O2. The lowest BCUT2D eigenvalue weighted by atomic mass is 10.1. The standard InChI is InChI=1S/C26H26FN3O2/c1-19-6-8-20(9-7-19)17-30-23-10-15-32-25(23)16-24(30)26(31)29-13-11-28(12-14-29)18-21-4-2-3-5-22(21)27/h2-10,15-16H,11-14,17-18H2,1H3. The molecule has 0 spiro atoms. The SMILES string of the molecule is Cc1ccc(Cn2c(C(=O)N3CCN(Cc4ccccc4F)CC3)cc3occc32)cc1. The maximum Gasteiger partial charge on any atom is 0.270 e. The molecule has 0 unspecified atom stereocenters. The Bertz CT molecular complexity index is 1230. The van der Waals surface area contributed by atoms with Gasteiger partial charge < -0.3 is 13.9 Å². The number of nitrogens with zero attached hydrogens (tertiary/aromatic N) is 3. The molecule has 0 aliphatic carbocycles. The number of rotatable bonds is 5. The maximum absolute atomic E-state index is 14.0. The van der Waals surface area contributed by atoms with E-state index in [-0.39, 0.29) is 11.7 Å². The van der Waals surface area contributed by atoms with Crippen LogP contribution in [0.3, 0.4) is 0 Å². The molecule has 3 heterocycles. The highest BCUT2D eigenvalue weighted by molar-refractivity contribution is 5.97. The molecular weight excluding hydrogens is 405 g/mol. The number of furan rings is 1. The van der Waals surface area contributed by atoms with Crippen LogP contribution in [-0.2, 0) is 13.1 Å². The first-order chi connectivity index (χ1) is 15.6. The Hall–Kier alpha value is -3.38. The van der Waals surface area contributed by atoms with Gasteiger partial charge in [-0.2, -0.15) is 0 Å². The van der Waals surface area contributed by atoms with Crippen molar-refractivity contribution >= 4 is 17.0 Å². The number of hydrogen-bond donors (Lipinski definition) is 0. The molecule has 0 N–H and O–H groups in total. The number of amides is 1. The van der Waals surface area contributed by atoms with Crippen molar-refractivity contribution in [2.24, 2.45) is 0 Å². The monoisotopic (exact) mass is 431 g/mol. The van der Waals surface area contributed by atoms with Crippen LogP contribution in [0.1, 0.15) is 27.2 Å². The van der Waals surface area contributed by atoms with Gasteiger partial charge >= 0.3 is 0 Å². The van der Waals surface area contributed by atoms with Gasteiger partial charge in [0, 0.05) is 57.0 Å². The first-order valence-corrected chi connectivity index (χ1v) is 11.0. The zero-order valence-electron chi connectivity index (χ0n) is 18.1. The molecule has 0 radical (unpaired) electrons. The molecule has 0 bridgehead atoms. The summed E-state index contributed by atoms with van der Waals surface area (Å²) in [4.78, 5) is 17.5. The van der Waals surface area contributed by atoms with Crippen LogP contribution >= 0.6 is 0 Å². The minimum Gasteiger partial charge on any atom is -0.463 e. The van der Waals surface area contributed by atoms with Gasteiger partial charge in [0.1, 0.15) is 11.5 Å². The molecule has 1 amide bonds. The Morgan fingerprint density at radius 1 is 0.969 bits per heavy atom. The number of carbonyl (C=O) groups is 1. The summed E-state index contributed by atoms with van der Waals surface area (Å²) in [5, 5.41) is 0. The van der Waals surface area contributed by atoms with E-state index in [1.165, 1.54) is 11.6 Å². The highest BCUT2D eigenvalue weighted by Crippen LogP contribution is 2.24. The molecule has 0 atom stereocenters. The van der Waals surface area contributed by atoms with Gasteiger partial charge in [-0.25, -0.2) is 4.39 Å². The van der Waals surface area contributed by atoms with E-state index in [0.717, 1.165) is 29.8 Å². The van der Waals surface area contributed by atoms with E-state index in [4.69, 9.17) is 4.42 Å². The molecule has 5 nitrogen and oxygen atoms in total. The van der Waals surface area contributed by atoms with E-state index >= 15 is 0 Å². The Morgan fingerprint density at radius 2 is 1.72 bits per heavy atom. The average molecular weight is 432 g/mol. The summed E-state index contributed by atoms with van der Waals surface area (Å²) in [5.41, 5.74) is 5.32. The van der Waals surface area contributed by atoms with Crippen LogP contribution in [0.4, 0.5) is 4.39 Å². The summed E-state index contributed by atoms with van der Waals surface area (Å²) in [7, 11) is 0. The molecule has 32 heavy (non-hydrogen) atoms. The van der Waals surface area contributed by atoms with Gasteiger partial charge in [-0.15, -0.1) is 0 Å². The first-order valence-electron chi connectivity index (χ1n) is 11.0. The normalized spacial score (nSPS) is 14.9. The molecule has 1 aliphatic rings. The summed E-state index contributed by atoms with van der Waals surface area (Å²) in [6, 6.07) is 19.0. The predicted octanol–water partition coefficient (Wildman–Crippen LogP) is 4.69. The van der Waals surface area contributed by atoms with Gasteiger partial charge in [-0.05, 0) is 18.6 Å². The molecule has 1 saturated heterocycles. The average Bonchev–Trinajstić information content (AvgIpc) is 3.39. The Balaban J connectivity index is 1.31. The lowest BCUT2D eigenvalue weighted by Crippen LogP contribution is -2.48. The number of benzene rings is 2. The molecule has 4 aromatic rings. The second kappa shape index (κ2) is 8.63. The number of aryl methyl sites for hydroxylation is 1. The predicted molar refractivity (Wildman–Crippen MR) is 122 cm³/mol. The van der Waals surface area contributed by atoms with Gasteiger partial charge in [-0.1, -0.05) is 48.0 Å². The fourth-order valence-electron chi connectivity index (χ4n) is 4.34. The molecule has 1 aliphatic heterocycles. The van der Waals surface area contributed by atoms with Crippen LogP contribution in [0.25, 0.3) is 11.1 Å². The highest BCUT2D eigenvalue weighted by atomic mass is 19.1. The van der Waals surface area contributed by atoms with Crippen LogP contribution < -0.4 is 0 Å². The molecule has 6 heteroatoms. The second-order valence-corrected chi connectivity index (χ2v) is 8.43. The summed E-state index contributed by atoms with van der Waals surface area (Å²) < 4.78 is 21.6. The van der Waals surface area contributed by atoms with Gasteiger partial charge in [0.05, 0.1) is 11.8 Å². The van der Waals surface area contributed by atoms with E-state index in [2.05, 4.69) is 36.1 Å². The zero-order valence-corrected chi connectivity index (χ0v) is 18.1. The fourth-order valence-corrected chi connectivity index (χ4v) is 4.34. The van der Waals surface area contributed by atoms with Crippen molar-refractivity contribution in [3.05, 3.63) is 95.1 Å². The number of fused-ring (bicyclic) bond motifs is 1. The second-order valence-electron chi connectivity index (χ2n) is 8.43. The largest absolute Gasteiger partial charge is 0.463 e. The van der Waals surface area contributed by atoms with E-state index in [1.807, 2.05) is 33.7 Å². The molecule has 2 aromatic carbocycles. The van der Waals surface area contributed by atoms with E-state index in [9.17, 15) is 9.18 Å². The molecule has 2 aromatic heterocycles. The van der Waals surface area contributed by atoms with Crippen molar-refractivity contribution in [1.29, 1.82) is 0 Å². The molecule has 5 rings (SSSR count). The molecule has 0 saturated carbocycles. The zero-order chi connectivity index (χ0) is 22.1. The van der Waals surface area contributed by atoms with Crippen molar-refractivity contribution in [2.75, 3.05) is 26.2 Å². The first kappa shape index (κ1) is 20.5. The van der Waals surface area contributed by atoms with Crippen LogP contribution in [0, 0.1) is 12.7 Å². The summed E-state index contributed by atoms with van der Waals surface area (Å²) in [6.07, 6.45) is 1.66. The highest BCUT2D eigenvalue weighted by Gasteiger charge is 2.26. The summed E-state index contributed by atoms with van der Waals surface area (Å²) in [5.74, 6) is -0.170. The van der Waals surface area contributed by atoms with Crippen LogP contribution in [0.15, 0.2) is 71.3 Å². The van der Waals surface area contributed by atoms with Crippen molar-refractivity contribution in [2.45, 2.75) is 20.0 Å². The van der Waals surface area contributed by atoms with Crippen molar-refractivity contribution in [1.82, 2.24) is 14.4 Å². The van der Waals surface area contributed by atoms with Crippen LogP contribution in [0.5, 0.6) is 0 Å². The van der Waals surface area contributed by atoms with Crippen molar-refractivity contribution in [3.8, 4) is 0 Å². The van der Waals surface area contributed by atoms with Gasteiger partial charge in [-0.3, -0.25) is 9.69 Å². The minimum atomic E-state index is -0.178. The third-order valence-corrected chi connectivity index (χ3v) is 6.21. The van der Waals surface area contributed by atoms with Crippen LogP contribution in [-0.4, -0.2) is 46.5 Å². The minimum absolute atomic E-state index is 0.00838. The van der Waals surface area contributed by atoms with Gasteiger partial charge in [0.15, 0.2) is 5.58 Å². The Kier molecular flexibility index (Phi) is 5.53. The molecule has 1 fully saturated rings. The number of piperazine rings is 1. The van der Waals surface area contributed by atoms with Crippen molar-refractivity contribution in [3.63, 3.8) is 0 Å². The van der Waals surface area contributed by atoms with Crippen LogP contribution in [0.2, 0.25) is 0 Å². The number of halogens is 1. The van der Waals surface area contributed by atoms with Crippen molar-refractivity contribution < 1.29 is 13.6 Å². The topological polar surface area (TPSA) is 41.6 Å². The third-order valence-electron chi connectivity index (χ3n) is 6.21. The number of carbonyl (C=O) groups excluding carboxylic acids is 1. The lowest BCUT2D eigenvalue weighted by molar-refractivity contribution is 0.0617. The van der Waals surface area contributed by atoms with Gasteiger partial charge in [0.25, 0.3) is 5.91 Å². The number of aromatic nitrogens is 1. The summed E-state index contributed by atoms with van der Waals surface area (Å²) in [6.45, 7) is 5.90. The third kappa shape index (κ3) is 4.06. The van der Waals surface area contributed by atoms with E-state index < -0.39 is 0 Å².